The summed E-state index contributed by atoms with van der Waals surface area (Å²) in [5.74, 6) is -2.36. The predicted molar refractivity (Wildman–Crippen MR) is 98.3 cm³/mol. The number of urea groups is 1. The van der Waals surface area contributed by atoms with Crippen molar-refractivity contribution in [3.8, 4) is 5.75 Å². The number of benzene rings is 2. The zero-order valence-electron chi connectivity index (χ0n) is 15.0. The second-order valence-electron chi connectivity index (χ2n) is 6.07. The average molecular weight is 387 g/mol. The van der Waals surface area contributed by atoms with E-state index in [0.717, 1.165) is 6.07 Å². The molecule has 1 aliphatic rings. The van der Waals surface area contributed by atoms with Crippen molar-refractivity contribution in [3.63, 3.8) is 0 Å². The van der Waals surface area contributed by atoms with Crippen molar-refractivity contribution >= 4 is 23.6 Å². The molecule has 8 nitrogen and oxygen atoms in total. The number of carboxylic acid groups (broad SMARTS) is 1. The summed E-state index contributed by atoms with van der Waals surface area (Å²) in [7, 11) is 1.36. The van der Waals surface area contributed by atoms with Gasteiger partial charge in [-0.15, -0.1) is 0 Å². The van der Waals surface area contributed by atoms with Gasteiger partial charge in [-0.25, -0.2) is 14.0 Å². The molecule has 1 aliphatic heterocycles. The van der Waals surface area contributed by atoms with E-state index in [1.807, 2.05) is 0 Å². The molecule has 0 bridgehead atoms. The quantitative estimate of drug-likeness (QED) is 0.703. The number of amides is 3. The maximum absolute atomic E-state index is 14.1. The Morgan fingerprint density at radius 1 is 1.25 bits per heavy atom. The van der Waals surface area contributed by atoms with Crippen molar-refractivity contribution in [1.82, 2.24) is 10.6 Å². The molecule has 3 rings (SSSR count). The molecule has 1 saturated heterocycles. The van der Waals surface area contributed by atoms with Crippen molar-refractivity contribution < 1.29 is 28.6 Å². The molecule has 0 atom stereocenters. The number of aromatic carboxylic acids is 1. The van der Waals surface area contributed by atoms with Crippen LogP contribution in [0.25, 0.3) is 0 Å². The van der Waals surface area contributed by atoms with Gasteiger partial charge in [0.2, 0.25) is 0 Å². The number of anilines is 1. The minimum Gasteiger partial charge on any atom is -0.496 e. The van der Waals surface area contributed by atoms with Gasteiger partial charge in [0.15, 0.2) is 0 Å². The lowest BCUT2D eigenvalue weighted by Gasteiger charge is -2.16. The lowest BCUT2D eigenvalue weighted by Crippen LogP contribution is -2.29. The van der Waals surface area contributed by atoms with E-state index in [4.69, 9.17) is 4.74 Å². The molecule has 2 aromatic rings. The van der Waals surface area contributed by atoms with E-state index in [9.17, 15) is 23.9 Å². The first kappa shape index (κ1) is 19.2. The number of carbonyl (C=O) groups is 3. The zero-order valence-corrected chi connectivity index (χ0v) is 15.0. The minimum atomic E-state index is -1.16. The summed E-state index contributed by atoms with van der Waals surface area (Å²) in [6.07, 6.45) is 0. The number of nitrogens with zero attached hydrogens (tertiary/aromatic N) is 1. The van der Waals surface area contributed by atoms with Crippen LogP contribution in [0.15, 0.2) is 36.4 Å². The Kier molecular flexibility index (Phi) is 5.44. The number of ether oxygens (including phenoxy) is 1. The van der Waals surface area contributed by atoms with E-state index in [1.54, 1.807) is 6.07 Å². The second-order valence-corrected chi connectivity index (χ2v) is 6.07. The van der Waals surface area contributed by atoms with Gasteiger partial charge in [0.05, 0.1) is 12.7 Å². The number of nitrogens with one attached hydrogen (secondary N) is 2. The maximum Gasteiger partial charge on any atom is 0.339 e. The van der Waals surface area contributed by atoms with E-state index < -0.39 is 17.7 Å². The van der Waals surface area contributed by atoms with Crippen LogP contribution < -0.4 is 20.3 Å². The fourth-order valence-electron chi connectivity index (χ4n) is 2.88. The summed E-state index contributed by atoms with van der Waals surface area (Å²) in [5, 5.41) is 14.4. The summed E-state index contributed by atoms with van der Waals surface area (Å²) in [5.41, 5.74) is 0.688. The first-order chi connectivity index (χ1) is 13.4. The van der Waals surface area contributed by atoms with Gasteiger partial charge < -0.3 is 20.5 Å². The molecule has 3 amide bonds. The SMILES string of the molecule is COc1ccc(CNC(=O)c2cc(N3CCNC3=O)ccc2F)cc1C(=O)O. The van der Waals surface area contributed by atoms with Gasteiger partial charge in [-0.05, 0) is 35.9 Å². The van der Waals surface area contributed by atoms with E-state index in [-0.39, 0.29) is 29.5 Å². The highest BCUT2D eigenvalue weighted by molar-refractivity contribution is 5.98. The molecule has 0 radical (unpaired) electrons. The monoisotopic (exact) mass is 387 g/mol. The zero-order chi connectivity index (χ0) is 20.3. The largest absolute Gasteiger partial charge is 0.496 e. The van der Waals surface area contributed by atoms with Gasteiger partial charge in [-0.3, -0.25) is 9.69 Å². The summed E-state index contributed by atoms with van der Waals surface area (Å²) in [4.78, 5) is 36.9. The summed E-state index contributed by atoms with van der Waals surface area (Å²) >= 11 is 0. The molecule has 1 heterocycles. The molecular formula is C19H18FN3O5. The molecule has 2 aromatic carbocycles. The van der Waals surface area contributed by atoms with Gasteiger partial charge in [0.1, 0.15) is 17.1 Å². The van der Waals surface area contributed by atoms with Crippen molar-refractivity contribution in [3.05, 3.63) is 58.9 Å². The molecule has 1 fully saturated rings. The molecule has 146 valence electrons. The molecular weight excluding hydrogens is 369 g/mol. The van der Waals surface area contributed by atoms with E-state index in [2.05, 4.69) is 10.6 Å². The standard InChI is InChI=1S/C19H18FN3O5/c1-28-16-5-2-11(8-14(16)18(25)26)10-22-17(24)13-9-12(3-4-15(13)20)23-7-6-21-19(23)27/h2-5,8-9H,6-7,10H2,1H3,(H,21,27)(H,22,24)(H,25,26). The third-order valence-electron chi connectivity index (χ3n) is 4.31. The van der Waals surface area contributed by atoms with Crippen molar-refractivity contribution in [2.45, 2.75) is 6.54 Å². The first-order valence-electron chi connectivity index (χ1n) is 8.44. The van der Waals surface area contributed by atoms with Crippen LogP contribution in [0.1, 0.15) is 26.3 Å². The molecule has 0 saturated carbocycles. The van der Waals surface area contributed by atoms with Crippen molar-refractivity contribution in [2.24, 2.45) is 0 Å². The van der Waals surface area contributed by atoms with E-state index in [1.165, 1.54) is 36.3 Å². The Morgan fingerprint density at radius 3 is 2.68 bits per heavy atom. The van der Waals surface area contributed by atoms with Crippen LogP contribution >= 0.6 is 0 Å². The van der Waals surface area contributed by atoms with Gasteiger partial charge in [0, 0.05) is 25.3 Å². The van der Waals surface area contributed by atoms with Gasteiger partial charge in [-0.2, -0.15) is 0 Å². The molecule has 0 aliphatic carbocycles. The maximum atomic E-state index is 14.1. The second kappa shape index (κ2) is 7.95. The number of halogens is 1. The molecule has 0 unspecified atom stereocenters. The van der Waals surface area contributed by atoms with Crippen LogP contribution in [-0.2, 0) is 6.54 Å². The number of hydrogen-bond acceptors (Lipinski definition) is 4. The normalized spacial score (nSPS) is 13.2. The fraction of sp³-hybridized carbons (Fsp3) is 0.211. The molecule has 9 heteroatoms. The van der Waals surface area contributed by atoms with Gasteiger partial charge in [0.25, 0.3) is 5.91 Å². The minimum absolute atomic E-state index is 0.00300. The summed E-state index contributed by atoms with van der Waals surface area (Å²) in [6, 6.07) is 8.03. The highest BCUT2D eigenvalue weighted by Crippen LogP contribution is 2.22. The number of rotatable bonds is 6. The Balaban J connectivity index is 1.76. The highest BCUT2D eigenvalue weighted by atomic mass is 19.1. The highest BCUT2D eigenvalue weighted by Gasteiger charge is 2.23. The first-order valence-corrected chi connectivity index (χ1v) is 8.44. The van der Waals surface area contributed by atoms with Gasteiger partial charge in [-0.1, -0.05) is 6.07 Å². The molecule has 0 spiro atoms. The Morgan fingerprint density at radius 2 is 2.04 bits per heavy atom. The molecule has 0 aromatic heterocycles. The van der Waals surface area contributed by atoms with E-state index in [0.29, 0.717) is 24.3 Å². The van der Waals surface area contributed by atoms with Crippen LogP contribution in [0, 0.1) is 5.82 Å². The number of hydrogen-bond donors (Lipinski definition) is 3. The topological polar surface area (TPSA) is 108 Å². The summed E-state index contributed by atoms with van der Waals surface area (Å²) < 4.78 is 19.1. The van der Waals surface area contributed by atoms with Crippen LogP contribution in [0.3, 0.4) is 0 Å². The van der Waals surface area contributed by atoms with Crippen LogP contribution in [0.4, 0.5) is 14.9 Å². The van der Waals surface area contributed by atoms with Crippen molar-refractivity contribution in [1.29, 1.82) is 0 Å². The fourth-order valence-corrected chi connectivity index (χ4v) is 2.88. The van der Waals surface area contributed by atoms with Crippen LogP contribution in [0.5, 0.6) is 5.75 Å². The van der Waals surface area contributed by atoms with Crippen molar-refractivity contribution in [2.75, 3.05) is 25.1 Å². The number of carboxylic acids is 1. The Labute approximate surface area is 159 Å². The smallest absolute Gasteiger partial charge is 0.339 e. The number of carbonyl (C=O) groups excluding carboxylic acids is 2. The predicted octanol–water partition coefficient (Wildman–Crippen LogP) is 1.99. The summed E-state index contributed by atoms with van der Waals surface area (Å²) in [6.45, 7) is 0.896. The lowest BCUT2D eigenvalue weighted by molar-refractivity contribution is 0.0693. The molecule has 28 heavy (non-hydrogen) atoms. The third-order valence-corrected chi connectivity index (χ3v) is 4.31. The van der Waals surface area contributed by atoms with Crippen LogP contribution in [0.2, 0.25) is 0 Å². The Bertz CT molecular complexity index is 947. The Hall–Kier alpha value is -3.62. The van der Waals surface area contributed by atoms with Crippen LogP contribution in [-0.4, -0.2) is 43.2 Å². The lowest BCUT2D eigenvalue weighted by atomic mass is 10.1. The number of methoxy groups -OCH3 is 1. The van der Waals surface area contributed by atoms with E-state index >= 15 is 0 Å². The average Bonchev–Trinajstić information content (AvgIpc) is 3.12. The third kappa shape index (κ3) is 3.88. The molecule has 3 N–H and O–H groups in total. The van der Waals surface area contributed by atoms with Gasteiger partial charge >= 0.3 is 12.0 Å².